The molecular weight excluding hydrogens is 333 g/mol. The molecule has 1 heterocycles. The Kier molecular flexibility index (Phi) is 5.83. The van der Waals surface area contributed by atoms with Crippen molar-refractivity contribution in [2.45, 2.75) is 25.6 Å². The van der Waals surface area contributed by atoms with Crippen LogP contribution in [0.25, 0.3) is 0 Å². The molecule has 1 aromatic rings. The first-order valence-corrected chi connectivity index (χ1v) is 7.88. The minimum absolute atomic E-state index is 0.408. The fraction of sp³-hybridized carbons (Fsp3) is 0.545. The zero-order valence-corrected chi connectivity index (χ0v) is 12.8. The number of alkyl halides is 3. The van der Waals surface area contributed by atoms with Gasteiger partial charge in [-0.2, -0.15) is 13.2 Å². The summed E-state index contributed by atoms with van der Waals surface area (Å²) in [6, 6.07) is 0.671. The van der Waals surface area contributed by atoms with Crippen molar-refractivity contribution in [3.63, 3.8) is 0 Å². The first-order valence-electron chi connectivity index (χ1n) is 5.85. The van der Waals surface area contributed by atoms with Gasteiger partial charge >= 0.3 is 6.18 Å². The van der Waals surface area contributed by atoms with Crippen molar-refractivity contribution >= 4 is 27.4 Å². The van der Waals surface area contributed by atoms with Crippen LogP contribution in [0.4, 0.5) is 19.0 Å². The number of methoxy groups -OCH3 is 1. The standard InChI is InChI=1S/C11H14ClF3N2O3S/c1-3-7(20-2)6-21(18,19)17-10-9(12)8(4-5-16-10)11(13,14)15/h4-5,7H,3,6H2,1-2H3,(H,16,17). The first kappa shape index (κ1) is 18.0. The molecule has 1 rings (SSSR count). The highest BCUT2D eigenvalue weighted by atomic mass is 35.5. The van der Waals surface area contributed by atoms with Gasteiger partial charge in [-0.1, -0.05) is 18.5 Å². The monoisotopic (exact) mass is 346 g/mol. The quantitative estimate of drug-likeness (QED) is 0.860. The van der Waals surface area contributed by atoms with E-state index >= 15 is 0 Å². The van der Waals surface area contributed by atoms with E-state index in [0.29, 0.717) is 12.5 Å². The van der Waals surface area contributed by atoms with Crippen molar-refractivity contribution in [1.82, 2.24) is 4.98 Å². The van der Waals surface area contributed by atoms with Crippen molar-refractivity contribution in [2.24, 2.45) is 0 Å². The third-order valence-electron chi connectivity index (χ3n) is 2.64. The van der Waals surface area contributed by atoms with E-state index in [-0.39, 0.29) is 0 Å². The molecule has 0 bridgehead atoms. The van der Waals surface area contributed by atoms with Crippen LogP contribution in [-0.4, -0.2) is 32.4 Å². The molecule has 0 saturated carbocycles. The number of pyridine rings is 1. The van der Waals surface area contributed by atoms with Gasteiger partial charge in [0, 0.05) is 13.3 Å². The minimum Gasteiger partial charge on any atom is -0.380 e. The smallest absolute Gasteiger partial charge is 0.380 e. The highest BCUT2D eigenvalue weighted by Gasteiger charge is 2.35. The average molecular weight is 347 g/mol. The maximum atomic E-state index is 12.7. The van der Waals surface area contributed by atoms with Crippen LogP contribution in [-0.2, 0) is 20.9 Å². The van der Waals surface area contributed by atoms with Crippen LogP contribution >= 0.6 is 11.6 Å². The average Bonchev–Trinajstić information content (AvgIpc) is 2.37. The van der Waals surface area contributed by atoms with E-state index in [4.69, 9.17) is 16.3 Å². The van der Waals surface area contributed by atoms with Gasteiger partial charge in [-0.25, -0.2) is 13.4 Å². The van der Waals surface area contributed by atoms with Crippen LogP contribution in [0.1, 0.15) is 18.9 Å². The van der Waals surface area contributed by atoms with Crippen LogP contribution in [0, 0.1) is 0 Å². The lowest BCUT2D eigenvalue weighted by atomic mass is 10.2. The van der Waals surface area contributed by atoms with Gasteiger partial charge < -0.3 is 4.74 Å². The molecular formula is C11H14ClF3N2O3S. The van der Waals surface area contributed by atoms with E-state index in [1.165, 1.54) is 7.11 Å². The van der Waals surface area contributed by atoms with E-state index in [2.05, 4.69) is 4.98 Å². The fourth-order valence-corrected chi connectivity index (χ4v) is 3.24. The summed E-state index contributed by atoms with van der Waals surface area (Å²) in [5.41, 5.74) is -1.16. The predicted molar refractivity (Wildman–Crippen MR) is 72.7 cm³/mol. The minimum atomic E-state index is -4.70. The van der Waals surface area contributed by atoms with Gasteiger partial charge in [0.2, 0.25) is 10.0 Å². The van der Waals surface area contributed by atoms with Gasteiger partial charge in [0.1, 0.15) is 0 Å². The summed E-state index contributed by atoms with van der Waals surface area (Å²) in [6.45, 7) is 1.72. The second-order valence-corrected chi connectivity index (χ2v) is 6.31. The van der Waals surface area contributed by atoms with Crippen molar-refractivity contribution in [3.05, 3.63) is 22.8 Å². The van der Waals surface area contributed by atoms with Crippen LogP contribution in [0.2, 0.25) is 5.02 Å². The number of rotatable bonds is 6. The van der Waals surface area contributed by atoms with E-state index < -0.39 is 44.5 Å². The Morgan fingerprint density at radius 3 is 2.57 bits per heavy atom. The largest absolute Gasteiger partial charge is 0.418 e. The number of aromatic nitrogens is 1. The number of hydrogen-bond donors (Lipinski definition) is 1. The van der Waals surface area contributed by atoms with Gasteiger partial charge in [-0.15, -0.1) is 0 Å². The molecule has 0 aliphatic heterocycles. The second-order valence-electron chi connectivity index (χ2n) is 4.17. The molecule has 120 valence electrons. The predicted octanol–water partition coefficient (Wildman–Crippen LogP) is 2.92. The lowest BCUT2D eigenvalue weighted by Gasteiger charge is -2.16. The Hall–Kier alpha value is -1.06. The van der Waals surface area contributed by atoms with Crippen LogP contribution in [0.5, 0.6) is 0 Å². The van der Waals surface area contributed by atoms with Gasteiger partial charge in [0.05, 0.1) is 22.4 Å². The molecule has 10 heteroatoms. The summed E-state index contributed by atoms with van der Waals surface area (Å²) >= 11 is 5.56. The Labute approximate surface area is 125 Å². The lowest BCUT2D eigenvalue weighted by molar-refractivity contribution is -0.137. The lowest BCUT2D eigenvalue weighted by Crippen LogP contribution is -2.27. The highest BCUT2D eigenvalue weighted by molar-refractivity contribution is 7.92. The zero-order valence-electron chi connectivity index (χ0n) is 11.2. The normalized spacial score (nSPS) is 14.0. The molecule has 5 nitrogen and oxygen atoms in total. The highest BCUT2D eigenvalue weighted by Crippen LogP contribution is 2.37. The molecule has 0 spiro atoms. The maximum Gasteiger partial charge on any atom is 0.418 e. The maximum absolute atomic E-state index is 12.7. The summed E-state index contributed by atoms with van der Waals surface area (Å²) < 4.78 is 68.6. The molecule has 0 aromatic carbocycles. The molecule has 1 N–H and O–H groups in total. The van der Waals surface area contributed by atoms with E-state index in [1.54, 1.807) is 6.92 Å². The number of sulfonamides is 1. The van der Waals surface area contributed by atoms with Crippen LogP contribution in [0.3, 0.4) is 0 Å². The molecule has 1 atom stereocenters. The van der Waals surface area contributed by atoms with Gasteiger partial charge in [-0.3, -0.25) is 4.72 Å². The molecule has 1 unspecified atom stereocenters. The van der Waals surface area contributed by atoms with E-state index in [9.17, 15) is 21.6 Å². The Bertz CT molecular complexity index is 589. The number of nitrogens with zero attached hydrogens (tertiary/aromatic N) is 1. The second kappa shape index (κ2) is 6.80. The summed E-state index contributed by atoms with van der Waals surface area (Å²) in [5, 5.41) is -0.793. The Balaban J connectivity index is 3.03. The summed E-state index contributed by atoms with van der Waals surface area (Å²) in [5.74, 6) is -0.966. The summed E-state index contributed by atoms with van der Waals surface area (Å²) in [6.07, 6.45) is -4.01. The van der Waals surface area contributed by atoms with Gasteiger partial charge in [-0.05, 0) is 12.5 Å². The molecule has 0 radical (unpaired) electrons. The van der Waals surface area contributed by atoms with Crippen molar-refractivity contribution in [1.29, 1.82) is 0 Å². The Morgan fingerprint density at radius 1 is 1.48 bits per heavy atom. The first-order chi connectivity index (χ1) is 9.60. The number of anilines is 1. The van der Waals surface area contributed by atoms with Crippen molar-refractivity contribution < 1.29 is 26.3 Å². The van der Waals surface area contributed by atoms with E-state index in [0.717, 1.165) is 6.20 Å². The number of hydrogen-bond acceptors (Lipinski definition) is 4. The topological polar surface area (TPSA) is 68.3 Å². The van der Waals surface area contributed by atoms with Crippen LogP contribution < -0.4 is 4.72 Å². The number of halogens is 4. The molecule has 0 aliphatic carbocycles. The van der Waals surface area contributed by atoms with Gasteiger partial charge in [0.25, 0.3) is 0 Å². The molecule has 0 aliphatic rings. The molecule has 0 saturated heterocycles. The molecule has 21 heavy (non-hydrogen) atoms. The van der Waals surface area contributed by atoms with Crippen molar-refractivity contribution in [2.75, 3.05) is 17.6 Å². The van der Waals surface area contributed by atoms with Crippen LogP contribution in [0.15, 0.2) is 12.3 Å². The van der Waals surface area contributed by atoms with Gasteiger partial charge in [0.15, 0.2) is 5.82 Å². The third-order valence-corrected chi connectivity index (χ3v) is 4.34. The summed E-state index contributed by atoms with van der Waals surface area (Å²) in [7, 11) is -2.59. The van der Waals surface area contributed by atoms with Crippen molar-refractivity contribution in [3.8, 4) is 0 Å². The summed E-state index contributed by atoms with van der Waals surface area (Å²) in [4.78, 5) is 3.53. The zero-order chi connectivity index (χ0) is 16.3. The third kappa shape index (κ3) is 5.01. The van der Waals surface area contributed by atoms with E-state index in [1.807, 2.05) is 4.72 Å². The Morgan fingerprint density at radius 2 is 2.10 bits per heavy atom. The number of ether oxygens (including phenoxy) is 1. The fourth-order valence-electron chi connectivity index (χ4n) is 1.52. The molecule has 1 aromatic heterocycles. The SMILES string of the molecule is CCC(CS(=O)(=O)Nc1nccc(C(F)(F)F)c1Cl)OC. The number of nitrogens with one attached hydrogen (secondary N) is 1. The molecule has 0 amide bonds. The molecule has 0 fully saturated rings.